The molecule has 106 valence electrons. The van der Waals surface area contributed by atoms with Crippen molar-refractivity contribution < 1.29 is 14.1 Å². The summed E-state index contributed by atoms with van der Waals surface area (Å²) in [5.41, 5.74) is 1.54. The first-order chi connectivity index (χ1) is 8.91. The number of nitrogens with zero attached hydrogens (tertiary/aromatic N) is 1. The molecule has 0 spiro atoms. The predicted molar refractivity (Wildman–Crippen MR) is 69.8 cm³/mol. The predicted octanol–water partition coefficient (Wildman–Crippen LogP) is 0.847. The molecule has 2 rings (SSSR count). The van der Waals surface area contributed by atoms with Gasteiger partial charge in [0.15, 0.2) is 0 Å². The van der Waals surface area contributed by atoms with Crippen LogP contribution in [0.5, 0.6) is 0 Å². The van der Waals surface area contributed by atoms with Crippen LogP contribution in [0.15, 0.2) is 4.52 Å². The van der Waals surface area contributed by atoms with Crippen LogP contribution < -0.4 is 10.6 Å². The lowest BCUT2D eigenvalue weighted by Gasteiger charge is -2.38. The van der Waals surface area contributed by atoms with Gasteiger partial charge in [-0.05, 0) is 27.7 Å². The second kappa shape index (κ2) is 5.30. The van der Waals surface area contributed by atoms with E-state index >= 15 is 0 Å². The molecular weight excluding hydrogens is 246 g/mol. The standard InChI is InChI=1S/C13H21N3O3/c1-8(12-9(2)16-19-10(12)3)15-11(17)5-18-13(4)6-14-7-13/h8,14H,5-7H2,1-4H3,(H,15,17). The van der Waals surface area contributed by atoms with E-state index in [1.165, 1.54) is 0 Å². The molecule has 2 N–H and O–H groups in total. The molecule has 1 aromatic rings. The highest BCUT2D eigenvalue weighted by molar-refractivity contribution is 5.77. The lowest BCUT2D eigenvalue weighted by molar-refractivity contribution is -0.136. The molecule has 1 atom stereocenters. The van der Waals surface area contributed by atoms with E-state index in [9.17, 15) is 4.79 Å². The zero-order valence-corrected chi connectivity index (χ0v) is 11.9. The molecule has 0 bridgehead atoms. The van der Waals surface area contributed by atoms with E-state index in [4.69, 9.17) is 9.26 Å². The Balaban J connectivity index is 1.85. The van der Waals surface area contributed by atoms with Gasteiger partial charge in [0, 0.05) is 18.7 Å². The van der Waals surface area contributed by atoms with E-state index in [0.717, 1.165) is 30.1 Å². The van der Waals surface area contributed by atoms with Gasteiger partial charge in [-0.25, -0.2) is 0 Å². The van der Waals surface area contributed by atoms with Crippen molar-refractivity contribution >= 4 is 5.91 Å². The molecule has 6 nitrogen and oxygen atoms in total. The minimum atomic E-state index is -0.205. The van der Waals surface area contributed by atoms with Crippen molar-refractivity contribution in [1.82, 2.24) is 15.8 Å². The number of hydrogen-bond acceptors (Lipinski definition) is 5. The first-order valence-electron chi connectivity index (χ1n) is 6.48. The lowest BCUT2D eigenvalue weighted by Crippen LogP contribution is -2.59. The molecule has 1 fully saturated rings. The maximum atomic E-state index is 11.9. The van der Waals surface area contributed by atoms with Gasteiger partial charge in [-0.2, -0.15) is 0 Å². The van der Waals surface area contributed by atoms with Crippen molar-refractivity contribution in [2.45, 2.75) is 39.3 Å². The lowest BCUT2D eigenvalue weighted by atomic mass is 10.0. The molecule has 0 aliphatic carbocycles. The third-order valence-electron chi connectivity index (χ3n) is 3.45. The largest absolute Gasteiger partial charge is 0.363 e. The maximum Gasteiger partial charge on any atom is 0.246 e. The van der Waals surface area contributed by atoms with E-state index in [0.29, 0.717) is 0 Å². The number of ether oxygens (including phenoxy) is 1. The van der Waals surface area contributed by atoms with Gasteiger partial charge in [-0.1, -0.05) is 5.16 Å². The van der Waals surface area contributed by atoms with E-state index in [1.54, 1.807) is 0 Å². The fourth-order valence-corrected chi connectivity index (χ4v) is 2.28. The third-order valence-corrected chi connectivity index (χ3v) is 3.45. The van der Waals surface area contributed by atoms with Crippen molar-refractivity contribution in [3.05, 3.63) is 17.0 Å². The fourth-order valence-electron chi connectivity index (χ4n) is 2.28. The molecule has 1 amide bonds. The van der Waals surface area contributed by atoms with E-state index in [1.807, 2.05) is 27.7 Å². The Kier molecular flexibility index (Phi) is 3.91. The summed E-state index contributed by atoms with van der Waals surface area (Å²) >= 11 is 0. The SMILES string of the molecule is Cc1noc(C)c1C(C)NC(=O)COC1(C)CNC1. The van der Waals surface area contributed by atoms with Crippen LogP contribution in [-0.2, 0) is 9.53 Å². The van der Waals surface area contributed by atoms with Crippen LogP contribution in [0.25, 0.3) is 0 Å². The highest BCUT2D eigenvalue weighted by atomic mass is 16.5. The zero-order valence-electron chi connectivity index (χ0n) is 11.9. The van der Waals surface area contributed by atoms with Crippen molar-refractivity contribution in [3.8, 4) is 0 Å². The number of aromatic nitrogens is 1. The summed E-state index contributed by atoms with van der Waals surface area (Å²) in [5.74, 6) is 0.613. The summed E-state index contributed by atoms with van der Waals surface area (Å²) in [7, 11) is 0. The molecule has 1 unspecified atom stereocenters. The number of carbonyl (C=O) groups excluding carboxylic acids is 1. The molecule has 1 saturated heterocycles. The fraction of sp³-hybridized carbons (Fsp3) is 0.692. The summed E-state index contributed by atoms with van der Waals surface area (Å²) in [6.07, 6.45) is 0. The van der Waals surface area contributed by atoms with Gasteiger partial charge in [-0.3, -0.25) is 4.79 Å². The zero-order chi connectivity index (χ0) is 14.0. The number of carbonyl (C=O) groups is 1. The minimum absolute atomic E-state index is 0.0753. The summed E-state index contributed by atoms with van der Waals surface area (Å²) < 4.78 is 10.7. The molecule has 0 radical (unpaired) electrons. The first kappa shape index (κ1) is 14.0. The van der Waals surface area contributed by atoms with Gasteiger partial charge in [0.25, 0.3) is 0 Å². The molecule has 2 heterocycles. The van der Waals surface area contributed by atoms with Crippen LogP contribution >= 0.6 is 0 Å². The third kappa shape index (κ3) is 3.13. The van der Waals surface area contributed by atoms with Crippen molar-refractivity contribution in [3.63, 3.8) is 0 Å². The molecule has 0 aromatic carbocycles. The van der Waals surface area contributed by atoms with Crippen LogP contribution in [0, 0.1) is 13.8 Å². The van der Waals surface area contributed by atoms with Crippen molar-refractivity contribution in [2.24, 2.45) is 0 Å². The van der Waals surface area contributed by atoms with Crippen LogP contribution in [0.3, 0.4) is 0 Å². The van der Waals surface area contributed by atoms with Gasteiger partial charge in [0.05, 0.1) is 17.3 Å². The Hall–Kier alpha value is -1.40. The normalized spacial score (nSPS) is 18.7. The van der Waals surface area contributed by atoms with Gasteiger partial charge in [-0.15, -0.1) is 0 Å². The van der Waals surface area contributed by atoms with E-state index in [-0.39, 0.29) is 24.2 Å². The molecule has 1 aromatic heterocycles. The molecule has 6 heteroatoms. The quantitative estimate of drug-likeness (QED) is 0.827. The summed E-state index contributed by atoms with van der Waals surface area (Å²) in [5, 5.41) is 9.91. The Morgan fingerprint density at radius 1 is 1.58 bits per heavy atom. The smallest absolute Gasteiger partial charge is 0.246 e. The van der Waals surface area contributed by atoms with Crippen LogP contribution in [-0.4, -0.2) is 36.4 Å². The van der Waals surface area contributed by atoms with Gasteiger partial charge in [0.1, 0.15) is 12.4 Å². The summed E-state index contributed by atoms with van der Waals surface area (Å²) in [4.78, 5) is 11.9. The van der Waals surface area contributed by atoms with Crippen LogP contribution in [0.2, 0.25) is 0 Å². The monoisotopic (exact) mass is 267 g/mol. The van der Waals surface area contributed by atoms with Crippen molar-refractivity contribution in [1.29, 1.82) is 0 Å². The first-order valence-corrected chi connectivity index (χ1v) is 6.48. The molecule has 0 saturated carbocycles. The second-order valence-corrected chi connectivity index (χ2v) is 5.37. The topological polar surface area (TPSA) is 76.4 Å². The Labute approximate surface area is 112 Å². The summed E-state index contributed by atoms with van der Waals surface area (Å²) in [6, 6.07) is -0.130. The number of rotatable bonds is 5. The van der Waals surface area contributed by atoms with E-state index in [2.05, 4.69) is 15.8 Å². The molecular formula is C13H21N3O3. The average molecular weight is 267 g/mol. The molecule has 19 heavy (non-hydrogen) atoms. The maximum absolute atomic E-state index is 11.9. The Morgan fingerprint density at radius 3 is 2.74 bits per heavy atom. The van der Waals surface area contributed by atoms with Crippen LogP contribution in [0.4, 0.5) is 0 Å². The molecule has 1 aliphatic rings. The van der Waals surface area contributed by atoms with Crippen molar-refractivity contribution in [2.75, 3.05) is 19.7 Å². The Bertz CT molecular complexity index is 446. The Morgan fingerprint density at radius 2 is 2.26 bits per heavy atom. The average Bonchev–Trinajstić information content (AvgIpc) is 2.64. The highest BCUT2D eigenvalue weighted by Gasteiger charge is 2.33. The summed E-state index contributed by atoms with van der Waals surface area (Å²) in [6.45, 7) is 9.28. The number of hydrogen-bond donors (Lipinski definition) is 2. The second-order valence-electron chi connectivity index (χ2n) is 5.37. The number of amides is 1. The van der Waals surface area contributed by atoms with Crippen LogP contribution in [0.1, 0.15) is 36.9 Å². The highest BCUT2D eigenvalue weighted by Crippen LogP contribution is 2.21. The van der Waals surface area contributed by atoms with Gasteiger partial charge >= 0.3 is 0 Å². The number of nitrogens with one attached hydrogen (secondary N) is 2. The number of aryl methyl sites for hydroxylation is 2. The molecule has 1 aliphatic heterocycles. The minimum Gasteiger partial charge on any atom is -0.363 e. The van der Waals surface area contributed by atoms with Gasteiger partial charge in [0.2, 0.25) is 5.91 Å². The van der Waals surface area contributed by atoms with Gasteiger partial charge < -0.3 is 19.9 Å². The van der Waals surface area contributed by atoms with E-state index < -0.39 is 0 Å².